The quantitative estimate of drug-likeness (QED) is 0.740. The summed E-state index contributed by atoms with van der Waals surface area (Å²) in [7, 11) is 0. The van der Waals surface area contributed by atoms with Crippen LogP contribution in [0.5, 0.6) is 0 Å². The molecule has 0 aliphatic heterocycles. The fourth-order valence-electron chi connectivity index (χ4n) is 1.72. The normalized spacial score (nSPS) is 10.7. The van der Waals surface area contributed by atoms with Crippen LogP contribution in [0.15, 0.2) is 35.7 Å². The second-order valence-corrected chi connectivity index (χ2v) is 4.91. The highest BCUT2D eigenvalue weighted by atomic mass is 32.1. The van der Waals surface area contributed by atoms with E-state index in [0.29, 0.717) is 5.82 Å². The summed E-state index contributed by atoms with van der Waals surface area (Å²) in [5, 5.41) is 9.20. The third-order valence-electron chi connectivity index (χ3n) is 2.76. The van der Waals surface area contributed by atoms with Crippen molar-refractivity contribution < 1.29 is 0 Å². The van der Waals surface area contributed by atoms with Gasteiger partial charge in [0.15, 0.2) is 11.6 Å². The molecule has 0 bridgehead atoms. The minimum atomic E-state index is 0.691. The van der Waals surface area contributed by atoms with E-state index in [1.807, 2.05) is 42.6 Å². The summed E-state index contributed by atoms with van der Waals surface area (Å²) in [5.41, 5.74) is 8.85. The Morgan fingerprint density at radius 2 is 2.00 bits per heavy atom. The fourth-order valence-corrected chi connectivity index (χ4v) is 2.63. The largest absolute Gasteiger partial charge is 0.397 e. The number of rotatable bonds is 2. The Bertz CT molecular complexity index is 669. The lowest BCUT2D eigenvalue weighted by molar-refractivity contribution is 1.10. The number of aromatic nitrogens is 3. The number of hydrogen-bond donors (Lipinski definition) is 2. The van der Waals surface area contributed by atoms with E-state index in [9.17, 15) is 0 Å². The Labute approximate surface area is 109 Å². The lowest BCUT2D eigenvalue weighted by Crippen LogP contribution is -1.88. The van der Waals surface area contributed by atoms with Gasteiger partial charge < -0.3 is 5.73 Å². The Morgan fingerprint density at radius 1 is 1.22 bits per heavy atom. The lowest BCUT2D eigenvalue weighted by atomic mass is 10.2. The molecule has 4 nitrogen and oxygen atoms in total. The molecule has 0 atom stereocenters. The molecule has 0 radical (unpaired) electrons. The number of nitrogen functional groups attached to an aromatic ring is 1. The first kappa shape index (κ1) is 11.0. The molecule has 0 amide bonds. The van der Waals surface area contributed by atoms with Gasteiger partial charge in [0.2, 0.25) is 0 Å². The molecule has 0 spiro atoms. The summed E-state index contributed by atoms with van der Waals surface area (Å²) in [4.78, 5) is 5.44. The van der Waals surface area contributed by atoms with Crippen LogP contribution in [0.3, 0.4) is 0 Å². The van der Waals surface area contributed by atoms with Crippen molar-refractivity contribution in [1.82, 2.24) is 15.2 Å². The van der Waals surface area contributed by atoms with Gasteiger partial charge in [0.1, 0.15) is 0 Å². The number of nitrogens with zero attached hydrogens (tertiary/aromatic N) is 2. The average Bonchev–Trinajstić information content (AvgIpc) is 3.00. The molecule has 0 saturated carbocycles. The first-order chi connectivity index (χ1) is 8.75. The molecule has 2 aromatic heterocycles. The SMILES string of the molecule is Cc1csc(-c2nc(-c3ccccc3)n[nH]2)c1N. The van der Waals surface area contributed by atoms with Crippen LogP contribution in [-0.2, 0) is 0 Å². The summed E-state index contributed by atoms with van der Waals surface area (Å²) in [6.45, 7) is 1.99. The van der Waals surface area contributed by atoms with Crippen LogP contribution in [0.2, 0.25) is 0 Å². The molecule has 3 rings (SSSR count). The van der Waals surface area contributed by atoms with Gasteiger partial charge in [0.25, 0.3) is 0 Å². The molecular weight excluding hydrogens is 244 g/mol. The van der Waals surface area contributed by atoms with E-state index < -0.39 is 0 Å². The Balaban J connectivity index is 2.02. The van der Waals surface area contributed by atoms with E-state index in [-0.39, 0.29) is 0 Å². The zero-order valence-corrected chi connectivity index (χ0v) is 10.7. The van der Waals surface area contributed by atoms with Crippen molar-refractivity contribution in [1.29, 1.82) is 0 Å². The number of aromatic amines is 1. The zero-order chi connectivity index (χ0) is 12.5. The summed E-state index contributed by atoms with van der Waals surface area (Å²) >= 11 is 1.58. The first-order valence-corrected chi connectivity index (χ1v) is 6.45. The first-order valence-electron chi connectivity index (χ1n) is 5.57. The lowest BCUT2D eigenvalue weighted by Gasteiger charge is -1.94. The molecule has 1 aromatic carbocycles. The number of H-pyrrole nitrogens is 1. The van der Waals surface area contributed by atoms with Crippen molar-refractivity contribution in [2.45, 2.75) is 6.92 Å². The molecule has 3 aromatic rings. The van der Waals surface area contributed by atoms with Crippen LogP contribution in [-0.4, -0.2) is 15.2 Å². The van der Waals surface area contributed by atoms with Gasteiger partial charge in [-0.15, -0.1) is 11.3 Å². The molecule has 3 N–H and O–H groups in total. The summed E-state index contributed by atoms with van der Waals surface area (Å²) in [6.07, 6.45) is 0. The van der Waals surface area contributed by atoms with Crippen LogP contribution in [0.4, 0.5) is 5.69 Å². The molecule has 2 heterocycles. The predicted octanol–water partition coefficient (Wildman–Crippen LogP) is 3.09. The van der Waals surface area contributed by atoms with E-state index in [4.69, 9.17) is 5.73 Å². The second kappa shape index (κ2) is 4.27. The number of benzene rings is 1. The van der Waals surface area contributed by atoms with Crippen molar-refractivity contribution in [3.8, 4) is 22.1 Å². The van der Waals surface area contributed by atoms with Gasteiger partial charge in [-0.25, -0.2) is 4.98 Å². The number of hydrogen-bond acceptors (Lipinski definition) is 4. The predicted molar refractivity (Wildman–Crippen MR) is 74.3 cm³/mol. The average molecular weight is 256 g/mol. The van der Waals surface area contributed by atoms with Crippen molar-refractivity contribution in [2.75, 3.05) is 5.73 Å². The van der Waals surface area contributed by atoms with E-state index >= 15 is 0 Å². The smallest absolute Gasteiger partial charge is 0.181 e. The van der Waals surface area contributed by atoms with E-state index in [2.05, 4.69) is 15.2 Å². The highest BCUT2D eigenvalue weighted by Gasteiger charge is 2.12. The third-order valence-corrected chi connectivity index (χ3v) is 3.88. The van der Waals surface area contributed by atoms with Gasteiger partial charge in [0.05, 0.1) is 10.6 Å². The molecular formula is C13H12N4S. The topological polar surface area (TPSA) is 67.6 Å². The van der Waals surface area contributed by atoms with Crippen molar-refractivity contribution >= 4 is 17.0 Å². The highest BCUT2D eigenvalue weighted by molar-refractivity contribution is 7.14. The summed E-state index contributed by atoms with van der Waals surface area (Å²) in [6, 6.07) is 9.87. The molecule has 0 fully saturated rings. The van der Waals surface area contributed by atoms with Gasteiger partial charge in [0, 0.05) is 5.56 Å². The molecule has 18 heavy (non-hydrogen) atoms. The second-order valence-electron chi connectivity index (χ2n) is 4.04. The summed E-state index contributed by atoms with van der Waals surface area (Å²) in [5.74, 6) is 1.42. The van der Waals surface area contributed by atoms with Gasteiger partial charge in [-0.3, -0.25) is 5.10 Å². The monoisotopic (exact) mass is 256 g/mol. The van der Waals surface area contributed by atoms with Crippen molar-refractivity contribution in [3.63, 3.8) is 0 Å². The maximum atomic E-state index is 6.01. The van der Waals surface area contributed by atoms with Crippen LogP contribution in [0, 0.1) is 6.92 Å². The number of anilines is 1. The van der Waals surface area contributed by atoms with Crippen molar-refractivity contribution in [2.24, 2.45) is 0 Å². The Hall–Kier alpha value is -2.14. The van der Waals surface area contributed by atoms with Gasteiger partial charge in [-0.2, -0.15) is 5.10 Å². The van der Waals surface area contributed by atoms with E-state index in [0.717, 1.165) is 27.5 Å². The molecule has 0 aliphatic rings. The molecule has 90 valence electrons. The van der Waals surface area contributed by atoms with Crippen LogP contribution in [0.1, 0.15) is 5.56 Å². The van der Waals surface area contributed by atoms with Gasteiger partial charge in [-0.05, 0) is 17.9 Å². The van der Waals surface area contributed by atoms with Gasteiger partial charge >= 0.3 is 0 Å². The zero-order valence-electron chi connectivity index (χ0n) is 9.84. The summed E-state index contributed by atoms with van der Waals surface area (Å²) < 4.78 is 0. The van der Waals surface area contributed by atoms with Crippen molar-refractivity contribution in [3.05, 3.63) is 41.3 Å². The molecule has 0 aliphatic carbocycles. The minimum absolute atomic E-state index is 0.691. The number of nitrogens with one attached hydrogen (secondary N) is 1. The molecule has 5 heteroatoms. The van der Waals surface area contributed by atoms with Gasteiger partial charge in [-0.1, -0.05) is 30.3 Å². The number of thiophene rings is 1. The standard InChI is InChI=1S/C13H12N4S/c1-8-7-18-11(10(8)14)13-15-12(16-17-13)9-5-3-2-4-6-9/h2-7H,14H2,1H3,(H,15,16,17). The third kappa shape index (κ3) is 1.78. The number of aryl methyl sites for hydroxylation is 1. The van der Waals surface area contributed by atoms with Crippen LogP contribution in [0.25, 0.3) is 22.1 Å². The van der Waals surface area contributed by atoms with Crippen LogP contribution >= 0.6 is 11.3 Å². The minimum Gasteiger partial charge on any atom is -0.397 e. The maximum Gasteiger partial charge on any atom is 0.181 e. The number of nitrogens with two attached hydrogens (primary N) is 1. The van der Waals surface area contributed by atoms with E-state index in [1.165, 1.54) is 0 Å². The highest BCUT2D eigenvalue weighted by Crippen LogP contribution is 2.33. The molecule has 0 saturated heterocycles. The maximum absolute atomic E-state index is 6.01. The fraction of sp³-hybridized carbons (Fsp3) is 0.0769. The van der Waals surface area contributed by atoms with Crippen LogP contribution < -0.4 is 5.73 Å². The molecule has 0 unspecified atom stereocenters. The van der Waals surface area contributed by atoms with E-state index in [1.54, 1.807) is 11.3 Å². The Kier molecular flexibility index (Phi) is 2.60. The Morgan fingerprint density at radius 3 is 2.67 bits per heavy atom.